The Morgan fingerprint density at radius 2 is 2.16 bits per heavy atom. The van der Waals surface area contributed by atoms with Crippen LogP contribution in [0.15, 0.2) is 16.6 Å². The number of carbonyl (C=O) groups is 1. The second kappa shape index (κ2) is 6.86. The molecule has 0 saturated carbocycles. The number of hydrogen-bond acceptors (Lipinski definition) is 3. The molecule has 0 heterocycles. The normalized spacial score (nSPS) is 13.9. The average Bonchev–Trinajstić information content (AvgIpc) is 2.30. The lowest BCUT2D eigenvalue weighted by Gasteiger charge is -2.19. The molecule has 0 aliphatic carbocycles. The summed E-state index contributed by atoms with van der Waals surface area (Å²) in [5, 5.41) is 0. The molecule has 2 atom stereocenters. The number of halogens is 2. The van der Waals surface area contributed by atoms with Crippen molar-refractivity contribution in [3.05, 3.63) is 28.0 Å². The molecule has 0 aliphatic rings. The molecule has 0 bridgehead atoms. The van der Waals surface area contributed by atoms with Gasteiger partial charge in [0.25, 0.3) is 0 Å². The van der Waals surface area contributed by atoms with E-state index in [0.29, 0.717) is 22.2 Å². The SMILES string of the molecule is COc1cc(F)c(Br)cc1C(N)CC(C)CC(N)=O. The molecule has 0 saturated heterocycles. The second-order valence-electron chi connectivity index (χ2n) is 4.63. The third-order valence-corrected chi connectivity index (χ3v) is 3.49. The predicted molar refractivity (Wildman–Crippen MR) is 75.2 cm³/mol. The first-order valence-electron chi connectivity index (χ1n) is 5.92. The Bertz CT molecular complexity index is 468. The third-order valence-electron chi connectivity index (χ3n) is 2.88. The Morgan fingerprint density at radius 3 is 2.68 bits per heavy atom. The lowest BCUT2D eigenvalue weighted by molar-refractivity contribution is -0.118. The lowest BCUT2D eigenvalue weighted by Crippen LogP contribution is -2.20. The highest BCUT2D eigenvalue weighted by molar-refractivity contribution is 9.10. The molecule has 6 heteroatoms. The molecule has 0 fully saturated rings. The van der Waals surface area contributed by atoms with Crippen LogP contribution in [0.3, 0.4) is 0 Å². The fraction of sp³-hybridized carbons (Fsp3) is 0.462. The molecule has 2 unspecified atom stereocenters. The number of methoxy groups -OCH3 is 1. The Balaban J connectivity index is 2.89. The summed E-state index contributed by atoms with van der Waals surface area (Å²) < 4.78 is 18.9. The van der Waals surface area contributed by atoms with Crippen molar-refractivity contribution in [2.45, 2.75) is 25.8 Å². The van der Waals surface area contributed by atoms with Crippen LogP contribution in [0.2, 0.25) is 0 Å². The van der Waals surface area contributed by atoms with E-state index in [1.54, 1.807) is 6.07 Å². The standard InChI is InChI=1S/C13H18BrFN2O2/c1-7(4-13(17)18)3-11(16)8-5-9(14)10(15)6-12(8)19-2/h5-7,11H,3-4,16H2,1-2H3,(H2,17,18). The minimum atomic E-state index is -0.405. The van der Waals surface area contributed by atoms with E-state index in [4.69, 9.17) is 16.2 Å². The highest BCUT2D eigenvalue weighted by Crippen LogP contribution is 2.32. The van der Waals surface area contributed by atoms with Gasteiger partial charge in [-0.3, -0.25) is 4.79 Å². The van der Waals surface area contributed by atoms with Crippen LogP contribution in [-0.4, -0.2) is 13.0 Å². The molecule has 0 aromatic heterocycles. The zero-order valence-electron chi connectivity index (χ0n) is 11.0. The zero-order valence-corrected chi connectivity index (χ0v) is 12.5. The maximum atomic E-state index is 13.4. The number of ether oxygens (including phenoxy) is 1. The molecule has 19 heavy (non-hydrogen) atoms. The molecule has 4 nitrogen and oxygen atoms in total. The fourth-order valence-corrected chi connectivity index (χ4v) is 2.36. The fourth-order valence-electron chi connectivity index (χ4n) is 2.00. The summed E-state index contributed by atoms with van der Waals surface area (Å²) in [6, 6.07) is 2.55. The van der Waals surface area contributed by atoms with E-state index in [9.17, 15) is 9.18 Å². The maximum Gasteiger partial charge on any atom is 0.217 e. The highest BCUT2D eigenvalue weighted by Gasteiger charge is 2.18. The smallest absolute Gasteiger partial charge is 0.217 e. The number of hydrogen-bond donors (Lipinski definition) is 2. The van der Waals surface area contributed by atoms with Gasteiger partial charge >= 0.3 is 0 Å². The van der Waals surface area contributed by atoms with Crippen molar-refractivity contribution in [3.8, 4) is 5.75 Å². The quantitative estimate of drug-likeness (QED) is 0.840. The van der Waals surface area contributed by atoms with Gasteiger partial charge in [-0.2, -0.15) is 0 Å². The van der Waals surface area contributed by atoms with E-state index >= 15 is 0 Å². The minimum Gasteiger partial charge on any atom is -0.496 e. The molecule has 106 valence electrons. The molecule has 1 aromatic rings. The lowest BCUT2D eigenvalue weighted by atomic mass is 9.93. The summed E-state index contributed by atoms with van der Waals surface area (Å²) >= 11 is 3.12. The number of primary amides is 1. The highest BCUT2D eigenvalue weighted by atomic mass is 79.9. The Morgan fingerprint density at radius 1 is 1.53 bits per heavy atom. The molecular formula is C13H18BrFN2O2. The van der Waals surface area contributed by atoms with E-state index in [-0.39, 0.29) is 24.3 Å². The van der Waals surface area contributed by atoms with Crippen LogP contribution < -0.4 is 16.2 Å². The number of rotatable bonds is 6. The van der Waals surface area contributed by atoms with Gasteiger partial charge in [0.15, 0.2) is 0 Å². The van der Waals surface area contributed by atoms with Crippen LogP contribution in [0.1, 0.15) is 31.4 Å². The summed E-state index contributed by atoms with van der Waals surface area (Å²) in [6.45, 7) is 1.90. The summed E-state index contributed by atoms with van der Waals surface area (Å²) in [4.78, 5) is 10.8. The van der Waals surface area contributed by atoms with Crippen LogP contribution in [-0.2, 0) is 4.79 Å². The van der Waals surface area contributed by atoms with E-state index < -0.39 is 5.82 Å². The van der Waals surface area contributed by atoms with Gasteiger partial charge in [-0.25, -0.2) is 4.39 Å². The average molecular weight is 333 g/mol. The Kier molecular flexibility index (Phi) is 5.75. The summed E-state index contributed by atoms with van der Waals surface area (Å²) in [7, 11) is 1.46. The van der Waals surface area contributed by atoms with E-state index in [0.717, 1.165) is 0 Å². The molecule has 0 aliphatic heterocycles. The van der Waals surface area contributed by atoms with Gasteiger partial charge < -0.3 is 16.2 Å². The predicted octanol–water partition coefficient (Wildman–Crippen LogP) is 2.50. The monoisotopic (exact) mass is 332 g/mol. The number of carbonyl (C=O) groups excluding carboxylic acids is 1. The molecule has 4 N–H and O–H groups in total. The maximum absolute atomic E-state index is 13.4. The van der Waals surface area contributed by atoms with Crippen LogP contribution in [0, 0.1) is 11.7 Å². The van der Waals surface area contributed by atoms with E-state index in [2.05, 4.69) is 15.9 Å². The summed E-state index contributed by atoms with van der Waals surface area (Å²) in [5.41, 5.74) is 11.9. The van der Waals surface area contributed by atoms with Gasteiger partial charge in [0.1, 0.15) is 11.6 Å². The van der Waals surface area contributed by atoms with Gasteiger partial charge in [0, 0.05) is 24.1 Å². The first kappa shape index (κ1) is 15.9. The van der Waals surface area contributed by atoms with Gasteiger partial charge in [-0.15, -0.1) is 0 Å². The number of amides is 1. The molecule has 1 rings (SSSR count). The summed E-state index contributed by atoms with van der Waals surface area (Å²) in [5.74, 6) is -0.301. The van der Waals surface area contributed by atoms with Crippen molar-refractivity contribution >= 4 is 21.8 Å². The topological polar surface area (TPSA) is 78.3 Å². The van der Waals surface area contributed by atoms with Crippen LogP contribution in [0.5, 0.6) is 5.75 Å². The van der Waals surface area contributed by atoms with Crippen molar-refractivity contribution in [2.75, 3.05) is 7.11 Å². The van der Waals surface area contributed by atoms with Crippen LogP contribution in [0.4, 0.5) is 4.39 Å². The van der Waals surface area contributed by atoms with Gasteiger partial charge in [0.2, 0.25) is 5.91 Å². The molecular weight excluding hydrogens is 315 g/mol. The molecule has 1 amide bonds. The van der Waals surface area contributed by atoms with Crippen molar-refractivity contribution in [1.29, 1.82) is 0 Å². The first-order chi connectivity index (χ1) is 8.85. The van der Waals surface area contributed by atoms with Crippen molar-refractivity contribution in [3.63, 3.8) is 0 Å². The van der Waals surface area contributed by atoms with Crippen LogP contribution >= 0.6 is 15.9 Å². The first-order valence-corrected chi connectivity index (χ1v) is 6.71. The van der Waals surface area contributed by atoms with Crippen molar-refractivity contribution < 1.29 is 13.9 Å². The second-order valence-corrected chi connectivity index (χ2v) is 5.48. The Labute approximate surface area is 120 Å². The minimum absolute atomic E-state index is 0.0565. The van der Waals surface area contributed by atoms with E-state index in [1.807, 2.05) is 6.92 Å². The summed E-state index contributed by atoms with van der Waals surface area (Å²) in [6.07, 6.45) is 0.843. The van der Waals surface area contributed by atoms with Crippen molar-refractivity contribution in [2.24, 2.45) is 17.4 Å². The van der Waals surface area contributed by atoms with Crippen LogP contribution in [0.25, 0.3) is 0 Å². The van der Waals surface area contributed by atoms with Gasteiger partial charge in [0.05, 0.1) is 11.6 Å². The van der Waals surface area contributed by atoms with Crippen molar-refractivity contribution in [1.82, 2.24) is 0 Å². The zero-order chi connectivity index (χ0) is 14.6. The third kappa shape index (κ3) is 4.47. The number of nitrogens with two attached hydrogens (primary N) is 2. The largest absolute Gasteiger partial charge is 0.496 e. The molecule has 0 radical (unpaired) electrons. The molecule has 1 aromatic carbocycles. The van der Waals surface area contributed by atoms with E-state index in [1.165, 1.54) is 13.2 Å². The van der Waals surface area contributed by atoms with Gasteiger partial charge in [-0.1, -0.05) is 6.92 Å². The van der Waals surface area contributed by atoms with Gasteiger partial charge in [-0.05, 0) is 34.3 Å². The Hall–Kier alpha value is -1.14. The molecule has 0 spiro atoms. The number of benzene rings is 1.